The Balaban J connectivity index is 1.51. The summed E-state index contributed by atoms with van der Waals surface area (Å²) in [6.45, 7) is 7.92. The van der Waals surface area contributed by atoms with Crippen LogP contribution in [0.1, 0.15) is 57.0 Å². The van der Waals surface area contributed by atoms with Gasteiger partial charge in [0.25, 0.3) is 0 Å². The summed E-state index contributed by atoms with van der Waals surface area (Å²) in [6.07, 6.45) is 10.8. The first-order valence-electron chi connectivity index (χ1n) is 10.2. The molecule has 1 atom stereocenters. The molecule has 1 fully saturated rings. The van der Waals surface area contributed by atoms with E-state index in [1.165, 1.54) is 24.2 Å². The summed E-state index contributed by atoms with van der Waals surface area (Å²) in [5.74, 6) is 0.159. The van der Waals surface area contributed by atoms with Crippen LogP contribution < -0.4 is 0 Å². The molecule has 2 aliphatic rings. The van der Waals surface area contributed by atoms with Crippen molar-refractivity contribution in [2.45, 2.75) is 57.5 Å². The van der Waals surface area contributed by atoms with Gasteiger partial charge < -0.3 is 9.88 Å². The van der Waals surface area contributed by atoms with Gasteiger partial charge in [0.15, 0.2) is 0 Å². The van der Waals surface area contributed by atoms with Crippen LogP contribution in [-0.4, -0.2) is 61.6 Å². The fourth-order valence-electron chi connectivity index (χ4n) is 4.74. The van der Waals surface area contributed by atoms with Gasteiger partial charge in [-0.15, -0.1) is 0 Å². The van der Waals surface area contributed by atoms with Crippen molar-refractivity contribution in [1.29, 1.82) is 0 Å². The molecule has 7 heteroatoms. The number of unbranched alkanes of at least 4 members (excludes halogenated alkanes) is 1. The smallest absolute Gasteiger partial charge is 0.247 e. The van der Waals surface area contributed by atoms with Crippen LogP contribution >= 0.6 is 0 Å². The minimum atomic E-state index is -0.252. The van der Waals surface area contributed by atoms with Gasteiger partial charge in [-0.2, -0.15) is 5.10 Å². The zero-order chi connectivity index (χ0) is 18.9. The Kier molecular flexibility index (Phi) is 5.04. The third-order valence-corrected chi connectivity index (χ3v) is 6.36. The Morgan fingerprint density at radius 3 is 2.85 bits per heavy atom. The molecule has 0 bridgehead atoms. The molecule has 4 heterocycles. The summed E-state index contributed by atoms with van der Waals surface area (Å²) in [4.78, 5) is 25.7. The van der Waals surface area contributed by atoms with Crippen molar-refractivity contribution in [3.63, 3.8) is 0 Å². The highest BCUT2D eigenvalue weighted by Gasteiger charge is 2.47. The normalized spacial score (nSPS) is 20.6. The third-order valence-electron chi connectivity index (χ3n) is 6.36. The molecule has 1 amide bonds. The number of imidazole rings is 1. The second-order valence-corrected chi connectivity index (χ2v) is 7.84. The fraction of sp³-hybridized carbons (Fsp3) is 0.650. The highest BCUT2D eigenvalue weighted by molar-refractivity contribution is 5.80. The third kappa shape index (κ3) is 3.18. The van der Waals surface area contributed by atoms with E-state index in [-0.39, 0.29) is 17.5 Å². The van der Waals surface area contributed by atoms with E-state index in [1.54, 1.807) is 10.9 Å². The predicted molar refractivity (Wildman–Crippen MR) is 103 cm³/mol. The molecule has 1 unspecified atom stereocenters. The molecule has 146 valence electrons. The average Bonchev–Trinajstić information content (AvgIpc) is 3.39. The maximum absolute atomic E-state index is 12.9. The Morgan fingerprint density at radius 2 is 2.15 bits per heavy atom. The van der Waals surface area contributed by atoms with E-state index in [1.807, 2.05) is 30.4 Å². The highest BCUT2D eigenvalue weighted by Crippen LogP contribution is 2.42. The lowest BCUT2D eigenvalue weighted by molar-refractivity contribution is -0.138. The van der Waals surface area contributed by atoms with Crippen molar-refractivity contribution in [1.82, 2.24) is 29.5 Å². The minimum absolute atomic E-state index is 0.0194. The lowest BCUT2D eigenvalue weighted by Gasteiger charge is -2.51. The molecule has 2 aliphatic heterocycles. The van der Waals surface area contributed by atoms with Gasteiger partial charge in [-0.3, -0.25) is 14.4 Å². The zero-order valence-corrected chi connectivity index (χ0v) is 16.4. The number of aromatic nitrogens is 4. The summed E-state index contributed by atoms with van der Waals surface area (Å²) in [6, 6.07) is 1.61. The Bertz CT molecular complexity index is 759. The number of piperidine rings is 1. The van der Waals surface area contributed by atoms with Crippen LogP contribution in [-0.2, 0) is 16.8 Å². The quantitative estimate of drug-likeness (QED) is 0.877. The second-order valence-electron chi connectivity index (χ2n) is 7.84. The van der Waals surface area contributed by atoms with Crippen LogP contribution in [0.5, 0.6) is 0 Å². The van der Waals surface area contributed by atoms with E-state index < -0.39 is 0 Å². The van der Waals surface area contributed by atoms with Gasteiger partial charge in [0.1, 0.15) is 6.04 Å². The first-order chi connectivity index (χ1) is 13.2. The van der Waals surface area contributed by atoms with Crippen molar-refractivity contribution >= 4 is 5.91 Å². The maximum atomic E-state index is 12.9. The number of nitrogens with one attached hydrogen (secondary N) is 1. The van der Waals surface area contributed by atoms with Gasteiger partial charge in [-0.05, 0) is 38.8 Å². The van der Waals surface area contributed by atoms with Gasteiger partial charge in [-0.25, -0.2) is 4.98 Å². The predicted octanol–water partition coefficient (Wildman–Crippen LogP) is 2.34. The van der Waals surface area contributed by atoms with Crippen LogP contribution in [0, 0.1) is 0 Å². The number of hydrogen-bond acceptors (Lipinski definition) is 4. The van der Waals surface area contributed by atoms with Gasteiger partial charge in [-0.1, -0.05) is 13.3 Å². The number of carbonyl (C=O) groups is 1. The lowest BCUT2D eigenvalue weighted by atomic mass is 9.78. The Labute approximate surface area is 160 Å². The van der Waals surface area contributed by atoms with Crippen molar-refractivity contribution in [3.8, 4) is 0 Å². The van der Waals surface area contributed by atoms with Gasteiger partial charge >= 0.3 is 0 Å². The number of amides is 1. The number of fused-ring (bicyclic) bond motifs is 2. The Hall–Kier alpha value is -2.15. The topological polar surface area (TPSA) is 70.1 Å². The number of nitrogens with zero attached hydrogens (tertiary/aromatic N) is 5. The molecule has 7 nitrogen and oxygen atoms in total. The number of carbonyl (C=O) groups excluding carboxylic acids is 1. The summed E-state index contributed by atoms with van der Waals surface area (Å²) in [7, 11) is 0. The van der Waals surface area contributed by atoms with Crippen molar-refractivity contribution in [3.05, 3.63) is 36.2 Å². The lowest BCUT2D eigenvalue weighted by Crippen LogP contribution is -2.57. The molecule has 0 aliphatic carbocycles. The average molecular weight is 371 g/mol. The van der Waals surface area contributed by atoms with E-state index in [4.69, 9.17) is 4.98 Å². The number of aromatic amines is 1. The fourth-order valence-corrected chi connectivity index (χ4v) is 4.74. The molecule has 27 heavy (non-hydrogen) atoms. The number of rotatable bonds is 5. The van der Waals surface area contributed by atoms with E-state index >= 15 is 0 Å². The first-order valence-corrected chi connectivity index (χ1v) is 10.2. The standard InChI is InChI=1S/C20H30N6O/c1-3-4-10-25-12-6-17-18(22-15-21-17)20(25)7-13-24(14-8-20)19(27)16(2)26-11-5-9-23-26/h5,9,11,15-16H,3-4,6-8,10,12-14H2,1-2H3,(H,21,22). The molecule has 1 saturated heterocycles. The van der Waals surface area contributed by atoms with Crippen LogP contribution in [0.3, 0.4) is 0 Å². The van der Waals surface area contributed by atoms with Crippen LogP contribution in [0.15, 0.2) is 24.8 Å². The van der Waals surface area contributed by atoms with Gasteiger partial charge in [0.2, 0.25) is 5.91 Å². The molecule has 4 rings (SSSR count). The summed E-state index contributed by atoms with van der Waals surface area (Å²) in [5.41, 5.74) is 2.48. The monoisotopic (exact) mass is 370 g/mol. The van der Waals surface area contributed by atoms with Crippen molar-refractivity contribution in [2.75, 3.05) is 26.2 Å². The Morgan fingerprint density at radius 1 is 1.33 bits per heavy atom. The molecule has 2 aromatic rings. The SMILES string of the molecule is CCCCN1CCc2[nH]cnc2C12CCN(C(=O)C(C)n1cccn1)CC2. The van der Waals surface area contributed by atoms with E-state index in [0.29, 0.717) is 0 Å². The molecule has 0 radical (unpaired) electrons. The van der Waals surface area contributed by atoms with Gasteiger partial charge in [0, 0.05) is 44.1 Å². The molecular weight excluding hydrogens is 340 g/mol. The van der Waals surface area contributed by atoms with E-state index in [0.717, 1.165) is 45.4 Å². The summed E-state index contributed by atoms with van der Waals surface area (Å²) < 4.78 is 1.74. The second kappa shape index (κ2) is 7.46. The summed E-state index contributed by atoms with van der Waals surface area (Å²) >= 11 is 0. The van der Waals surface area contributed by atoms with E-state index in [2.05, 4.69) is 21.9 Å². The first kappa shape index (κ1) is 18.2. The highest BCUT2D eigenvalue weighted by atomic mass is 16.2. The molecular formula is C20H30N6O. The van der Waals surface area contributed by atoms with E-state index in [9.17, 15) is 4.79 Å². The van der Waals surface area contributed by atoms with Crippen LogP contribution in [0.2, 0.25) is 0 Å². The minimum Gasteiger partial charge on any atom is -0.348 e. The van der Waals surface area contributed by atoms with Crippen LogP contribution in [0.25, 0.3) is 0 Å². The molecule has 0 aromatic carbocycles. The molecule has 1 N–H and O–H groups in total. The molecule has 1 spiro atoms. The zero-order valence-electron chi connectivity index (χ0n) is 16.4. The molecule has 0 saturated carbocycles. The van der Waals surface area contributed by atoms with Crippen molar-refractivity contribution in [2.24, 2.45) is 0 Å². The largest absolute Gasteiger partial charge is 0.348 e. The maximum Gasteiger partial charge on any atom is 0.247 e. The number of H-pyrrole nitrogens is 1. The van der Waals surface area contributed by atoms with Gasteiger partial charge in [0.05, 0.1) is 17.6 Å². The van der Waals surface area contributed by atoms with Crippen molar-refractivity contribution < 1.29 is 4.79 Å². The number of likely N-dealkylation sites (tertiary alicyclic amines) is 1. The number of hydrogen-bond donors (Lipinski definition) is 1. The van der Waals surface area contributed by atoms with Crippen LogP contribution in [0.4, 0.5) is 0 Å². The summed E-state index contributed by atoms with van der Waals surface area (Å²) in [5, 5.41) is 4.23. The molecule has 2 aromatic heterocycles.